The van der Waals surface area contributed by atoms with Gasteiger partial charge in [0, 0.05) is 25.3 Å². The van der Waals surface area contributed by atoms with E-state index in [1.54, 1.807) is 0 Å². The van der Waals surface area contributed by atoms with Crippen LogP contribution in [0.1, 0.15) is 6.42 Å². The molecule has 0 bridgehead atoms. The molecule has 0 spiro atoms. The summed E-state index contributed by atoms with van der Waals surface area (Å²) in [6.45, 7) is 1.78. The molecule has 5 nitrogen and oxygen atoms in total. The second-order valence-electron chi connectivity index (χ2n) is 4.26. The maximum absolute atomic E-state index is 6.10. The second kappa shape index (κ2) is 3.38. The van der Waals surface area contributed by atoms with E-state index in [0.717, 1.165) is 36.5 Å². The molecule has 1 aliphatic rings. The molecular formula is C11H15N5. The zero-order valence-corrected chi connectivity index (χ0v) is 9.00. The number of anilines is 2. The SMILES string of the molecule is Nc1c(N2CCC(N)C2)nn2ccccc12. The van der Waals surface area contributed by atoms with Crippen molar-refractivity contribution in [2.75, 3.05) is 23.7 Å². The summed E-state index contributed by atoms with van der Waals surface area (Å²) in [4.78, 5) is 2.16. The second-order valence-corrected chi connectivity index (χ2v) is 4.26. The van der Waals surface area contributed by atoms with E-state index in [-0.39, 0.29) is 6.04 Å². The number of rotatable bonds is 1. The van der Waals surface area contributed by atoms with Gasteiger partial charge in [-0.25, -0.2) is 4.52 Å². The molecule has 2 aromatic rings. The van der Waals surface area contributed by atoms with Gasteiger partial charge < -0.3 is 16.4 Å². The topological polar surface area (TPSA) is 72.6 Å². The van der Waals surface area contributed by atoms with Gasteiger partial charge in [0.2, 0.25) is 0 Å². The fourth-order valence-corrected chi connectivity index (χ4v) is 2.22. The number of nitrogens with zero attached hydrogens (tertiary/aromatic N) is 3. The normalized spacial score (nSPS) is 20.8. The van der Waals surface area contributed by atoms with Crippen molar-refractivity contribution in [3.63, 3.8) is 0 Å². The summed E-state index contributed by atoms with van der Waals surface area (Å²) in [5.41, 5.74) is 13.7. The Balaban J connectivity index is 2.07. The van der Waals surface area contributed by atoms with Crippen LogP contribution in [0.5, 0.6) is 0 Å². The lowest BCUT2D eigenvalue weighted by atomic mass is 10.3. The van der Waals surface area contributed by atoms with Gasteiger partial charge in [-0.15, -0.1) is 5.10 Å². The van der Waals surface area contributed by atoms with Gasteiger partial charge >= 0.3 is 0 Å². The maximum atomic E-state index is 6.10. The first-order chi connectivity index (χ1) is 7.75. The Labute approximate surface area is 93.6 Å². The van der Waals surface area contributed by atoms with E-state index in [0.29, 0.717) is 0 Å². The average molecular weight is 217 g/mol. The zero-order chi connectivity index (χ0) is 11.1. The van der Waals surface area contributed by atoms with Crippen LogP contribution in [0.25, 0.3) is 5.52 Å². The lowest BCUT2D eigenvalue weighted by Gasteiger charge is -2.14. The number of nitrogens with two attached hydrogens (primary N) is 2. The minimum absolute atomic E-state index is 0.240. The van der Waals surface area contributed by atoms with Crippen molar-refractivity contribution < 1.29 is 0 Å². The third-order valence-electron chi connectivity index (χ3n) is 3.08. The van der Waals surface area contributed by atoms with E-state index < -0.39 is 0 Å². The number of hydrogen-bond acceptors (Lipinski definition) is 4. The van der Waals surface area contributed by atoms with Gasteiger partial charge in [0.1, 0.15) is 5.69 Å². The Hall–Kier alpha value is -1.75. The number of pyridine rings is 1. The molecule has 84 valence electrons. The van der Waals surface area contributed by atoms with Crippen LogP contribution in [0.2, 0.25) is 0 Å². The maximum Gasteiger partial charge on any atom is 0.175 e. The van der Waals surface area contributed by atoms with Crippen molar-refractivity contribution in [1.29, 1.82) is 0 Å². The van der Waals surface area contributed by atoms with Gasteiger partial charge in [0.05, 0.1) is 5.52 Å². The van der Waals surface area contributed by atoms with Crippen LogP contribution in [-0.2, 0) is 0 Å². The molecular weight excluding hydrogens is 202 g/mol. The van der Waals surface area contributed by atoms with Crippen LogP contribution in [0.15, 0.2) is 24.4 Å². The quantitative estimate of drug-likeness (QED) is 0.727. The summed E-state index contributed by atoms with van der Waals surface area (Å²) in [6.07, 6.45) is 2.92. The molecule has 3 heterocycles. The summed E-state index contributed by atoms with van der Waals surface area (Å²) >= 11 is 0. The first-order valence-electron chi connectivity index (χ1n) is 5.49. The smallest absolute Gasteiger partial charge is 0.175 e. The summed E-state index contributed by atoms with van der Waals surface area (Å²) in [6, 6.07) is 6.12. The molecule has 4 N–H and O–H groups in total. The standard InChI is InChI=1S/C11H15N5/c12-8-4-6-15(7-8)11-10(13)9-3-1-2-5-16(9)14-11/h1-3,5,8H,4,6-7,12-13H2. The van der Waals surface area contributed by atoms with Crippen LogP contribution in [0.3, 0.4) is 0 Å². The summed E-state index contributed by atoms with van der Waals surface area (Å²) in [5, 5.41) is 4.49. The molecule has 2 aromatic heterocycles. The molecule has 1 atom stereocenters. The van der Waals surface area contributed by atoms with Crippen LogP contribution in [-0.4, -0.2) is 28.7 Å². The molecule has 3 rings (SSSR count). The van der Waals surface area contributed by atoms with Crippen molar-refractivity contribution in [2.45, 2.75) is 12.5 Å². The largest absolute Gasteiger partial charge is 0.394 e. The predicted molar refractivity (Wildman–Crippen MR) is 64.4 cm³/mol. The Bertz CT molecular complexity index is 518. The highest BCUT2D eigenvalue weighted by molar-refractivity contribution is 5.81. The fourth-order valence-electron chi connectivity index (χ4n) is 2.22. The number of hydrogen-bond donors (Lipinski definition) is 2. The predicted octanol–water partition coefficient (Wildman–Crippen LogP) is 0.454. The zero-order valence-electron chi connectivity index (χ0n) is 9.00. The Morgan fingerprint density at radius 1 is 1.38 bits per heavy atom. The molecule has 5 heteroatoms. The van der Waals surface area contributed by atoms with Gasteiger partial charge in [-0.1, -0.05) is 6.07 Å². The summed E-state index contributed by atoms with van der Waals surface area (Å²) in [7, 11) is 0. The minimum atomic E-state index is 0.240. The molecule has 1 fully saturated rings. The van der Waals surface area contributed by atoms with Crippen molar-refractivity contribution in [1.82, 2.24) is 9.61 Å². The molecule has 0 amide bonds. The van der Waals surface area contributed by atoms with Gasteiger partial charge in [-0.2, -0.15) is 0 Å². The van der Waals surface area contributed by atoms with E-state index in [4.69, 9.17) is 11.5 Å². The van der Waals surface area contributed by atoms with Gasteiger partial charge in [-0.3, -0.25) is 0 Å². The van der Waals surface area contributed by atoms with Crippen LogP contribution in [0.4, 0.5) is 11.5 Å². The lowest BCUT2D eigenvalue weighted by Crippen LogP contribution is -2.27. The van der Waals surface area contributed by atoms with Gasteiger partial charge in [-0.05, 0) is 18.6 Å². The Morgan fingerprint density at radius 3 is 2.94 bits per heavy atom. The molecule has 16 heavy (non-hydrogen) atoms. The van der Waals surface area contributed by atoms with E-state index >= 15 is 0 Å². The van der Waals surface area contributed by atoms with E-state index in [2.05, 4.69) is 10.00 Å². The summed E-state index contributed by atoms with van der Waals surface area (Å²) in [5.74, 6) is 0.860. The third kappa shape index (κ3) is 1.32. The highest BCUT2D eigenvalue weighted by Gasteiger charge is 2.23. The van der Waals surface area contributed by atoms with Crippen LogP contribution in [0, 0.1) is 0 Å². The van der Waals surface area contributed by atoms with E-state index in [1.165, 1.54) is 0 Å². The Kier molecular flexibility index (Phi) is 2.00. The molecule has 1 saturated heterocycles. The average Bonchev–Trinajstić information content (AvgIpc) is 2.84. The van der Waals surface area contributed by atoms with Gasteiger partial charge in [0.25, 0.3) is 0 Å². The minimum Gasteiger partial charge on any atom is -0.394 e. The van der Waals surface area contributed by atoms with Crippen molar-refractivity contribution in [3.8, 4) is 0 Å². The van der Waals surface area contributed by atoms with E-state index in [1.807, 2.05) is 28.9 Å². The fraction of sp³-hybridized carbons (Fsp3) is 0.364. The molecule has 1 unspecified atom stereocenters. The monoisotopic (exact) mass is 217 g/mol. The van der Waals surface area contributed by atoms with Crippen molar-refractivity contribution in [3.05, 3.63) is 24.4 Å². The number of aromatic nitrogens is 2. The highest BCUT2D eigenvalue weighted by atomic mass is 15.3. The molecule has 0 radical (unpaired) electrons. The first-order valence-corrected chi connectivity index (χ1v) is 5.49. The van der Waals surface area contributed by atoms with Crippen LogP contribution >= 0.6 is 0 Å². The molecule has 1 aliphatic heterocycles. The number of fused-ring (bicyclic) bond motifs is 1. The van der Waals surface area contributed by atoms with Gasteiger partial charge in [0.15, 0.2) is 5.82 Å². The lowest BCUT2D eigenvalue weighted by molar-refractivity contribution is 0.751. The Morgan fingerprint density at radius 2 is 2.25 bits per heavy atom. The highest BCUT2D eigenvalue weighted by Crippen LogP contribution is 2.28. The van der Waals surface area contributed by atoms with Crippen molar-refractivity contribution in [2.24, 2.45) is 5.73 Å². The van der Waals surface area contributed by atoms with Crippen LogP contribution < -0.4 is 16.4 Å². The third-order valence-corrected chi connectivity index (χ3v) is 3.08. The van der Waals surface area contributed by atoms with Crippen molar-refractivity contribution >= 4 is 17.0 Å². The van der Waals surface area contributed by atoms with E-state index in [9.17, 15) is 0 Å². The summed E-state index contributed by atoms with van der Waals surface area (Å²) < 4.78 is 1.81. The first kappa shape index (κ1) is 9.47. The molecule has 0 aliphatic carbocycles. The molecule has 0 saturated carbocycles. The number of nitrogen functional groups attached to an aromatic ring is 1. The molecule has 0 aromatic carbocycles.